The van der Waals surface area contributed by atoms with Gasteiger partial charge in [-0.3, -0.25) is 15.2 Å². The molecule has 8 heteroatoms. The van der Waals surface area contributed by atoms with Gasteiger partial charge in [0.1, 0.15) is 6.61 Å². The van der Waals surface area contributed by atoms with Gasteiger partial charge in [0.05, 0.1) is 11.5 Å². The van der Waals surface area contributed by atoms with Crippen molar-refractivity contribution >= 4 is 5.69 Å². The molecule has 18 heavy (non-hydrogen) atoms. The molecule has 0 bridgehead atoms. The summed E-state index contributed by atoms with van der Waals surface area (Å²) < 4.78 is 5.33. The number of ether oxygens (including phenoxy) is 1. The molecule has 1 heterocycles. The second-order valence-corrected chi connectivity index (χ2v) is 3.42. The Morgan fingerprint density at radius 3 is 2.89 bits per heavy atom. The highest BCUT2D eigenvalue weighted by atomic mass is 16.6. The third-order valence-corrected chi connectivity index (χ3v) is 2.19. The van der Waals surface area contributed by atoms with Gasteiger partial charge in [-0.15, -0.1) is 0 Å². The third-order valence-electron chi connectivity index (χ3n) is 2.19. The Balaban J connectivity index is 2.08. The predicted octanol–water partition coefficient (Wildman–Crippen LogP) is 0.751. The highest BCUT2D eigenvalue weighted by Gasteiger charge is 2.14. The van der Waals surface area contributed by atoms with Crippen LogP contribution in [0.5, 0.6) is 5.75 Å². The third kappa shape index (κ3) is 2.61. The maximum atomic E-state index is 10.8. The Labute approximate surface area is 102 Å². The lowest BCUT2D eigenvalue weighted by molar-refractivity contribution is -0.385. The molecule has 0 aliphatic carbocycles. The van der Waals surface area contributed by atoms with E-state index in [1.54, 1.807) is 12.1 Å². The van der Waals surface area contributed by atoms with Crippen LogP contribution in [0.4, 0.5) is 5.69 Å². The number of aromatic nitrogens is 3. The number of hydrogen-bond acceptors (Lipinski definition) is 6. The van der Waals surface area contributed by atoms with Gasteiger partial charge in [-0.25, -0.2) is 4.98 Å². The summed E-state index contributed by atoms with van der Waals surface area (Å²) in [6.07, 6.45) is 0. The maximum absolute atomic E-state index is 10.8. The van der Waals surface area contributed by atoms with Crippen molar-refractivity contribution in [2.45, 2.75) is 13.2 Å². The van der Waals surface area contributed by atoms with Crippen molar-refractivity contribution < 1.29 is 9.66 Å². The van der Waals surface area contributed by atoms with Crippen molar-refractivity contribution in [2.75, 3.05) is 0 Å². The van der Waals surface area contributed by atoms with E-state index in [2.05, 4.69) is 15.2 Å². The molecule has 0 saturated heterocycles. The van der Waals surface area contributed by atoms with Crippen LogP contribution >= 0.6 is 0 Å². The minimum absolute atomic E-state index is 0.0673. The average Bonchev–Trinajstić information content (AvgIpc) is 2.84. The normalized spacial score (nSPS) is 10.3. The quantitative estimate of drug-likeness (QED) is 0.596. The maximum Gasteiger partial charge on any atom is 0.310 e. The van der Waals surface area contributed by atoms with Crippen molar-refractivity contribution in [1.82, 2.24) is 15.2 Å². The van der Waals surface area contributed by atoms with E-state index in [4.69, 9.17) is 10.5 Å². The first-order valence-corrected chi connectivity index (χ1v) is 5.17. The predicted molar refractivity (Wildman–Crippen MR) is 61.7 cm³/mol. The number of nitrogens with two attached hydrogens (primary N) is 1. The van der Waals surface area contributed by atoms with Gasteiger partial charge in [0.15, 0.2) is 17.4 Å². The van der Waals surface area contributed by atoms with E-state index in [1.165, 1.54) is 12.1 Å². The molecule has 8 nitrogen and oxygen atoms in total. The summed E-state index contributed by atoms with van der Waals surface area (Å²) in [4.78, 5) is 14.3. The number of para-hydroxylation sites is 2. The first-order chi connectivity index (χ1) is 8.70. The molecule has 0 aliphatic heterocycles. The van der Waals surface area contributed by atoms with Gasteiger partial charge in [-0.2, -0.15) is 5.10 Å². The fourth-order valence-electron chi connectivity index (χ4n) is 1.37. The van der Waals surface area contributed by atoms with E-state index < -0.39 is 4.92 Å². The fourth-order valence-corrected chi connectivity index (χ4v) is 1.37. The summed E-state index contributed by atoms with van der Waals surface area (Å²) in [7, 11) is 0. The number of nitrogens with zero attached hydrogens (tertiary/aromatic N) is 3. The van der Waals surface area contributed by atoms with Gasteiger partial charge < -0.3 is 10.5 Å². The number of nitrogens with one attached hydrogen (secondary N) is 1. The number of benzene rings is 1. The molecule has 0 spiro atoms. The number of aromatic amines is 1. The van der Waals surface area contributed by atoms with Crippen LogP contribution in [0.2, 0.25) is 0 Å². The topological polar surface area (TPSA) is 120 Å². The van der Waals surface area contributed by atoms with Crippen LogP contribution in [0.15, 0.2) is 24.3 Å². The van der Waals surface area contributed by atoms with E-state index >= 15 is 0 Å². The van der Waals surface area contributed by atoms with Crippen LogP contribution < -0.4 is 10.5 Å². The average molecular weight is 249 g/mol. The summed E-state index contributed by atoms with van der Waals surface area (Å²) in [5.74, 6) is 1.12. The van der Waals surface area contributed by atoms with E-state index in [0.29, 0.717) is 11.6 Å². The zero-order chi connectivity index (χ0) is 13.0. The molecule has 94 valence electrons. The summed E-state index contributed by atoms with van der Waals surface area (Å²) in [6.45, 7) is 0.292. The molecule has 1 aromatic carbocycles. The molecule has 0 atom stereocenters. The molecule has 0 fully saturated rings. The Bertz CT molecular complexity index is 554. The van der Waals surface area contributed by atoms with Gasteiger partial charge in [0.25, 0.3) is 0 Å². The second-order valence-electron chi connectivity index (χ2n) is 3.42. The number of hydrogen-bond donors (Lipinski definition) is 2. The Hall–Kier alpha value is -2.48. The Morgan fingerprint density at radius 1 is 1.44 bits per heavy atom. The summed E-state index contributed by atoms with van der Waals surface area (Å²) in [6, 6.07) is 6.14. The van der Waals surface area contributed by atoms with Crippen LogP contribution in [0.1, 0.15) is 11.6 Å². The lowest BCUT2D eigenvalue weighted by Gasteiger charge is -2.03. The first-order valence-electron chi connectivity index (χ1n) is 5.17. The smallest absolute Gasteiger partial charge is 0.310 e. The molecule has 1 aromatic heterocycles. The lowest BCUT2D eigenvalue weighted by atomic mass is 10.3. The highest BCUT2D eigenvalue weighted by molar-refractivity contribution is 5.45. The second kappa shape index (κ2) is 5.23. The van der Waals surface area contributed by atoms with Gasteiger partial charge in [-0.05, 0) is 6.07 Å². The fraction of sp³-hybridized carbons (Fsp3) is 0.200. The molecular formula is C10H11N5O3. The van der Waals surface area contributed by atoms with Crippen molar-refractivity contribution in [3.63, 3.8) is 0 Å². The molecule has 0 aliphatic rings. The van der Waals surface area contributed by atoms with Crippen LogP contribution in [-0.2, 0) is 13.2 Å². The number of rotatable bonds is 5. The number of H-pyrrole nitrogens is 1. The Kier molecular flexibility index (Phi) is 3.49. The molecular weight excluding hydrogens is 238 g/mol. The molecule has 0 radical (unpaired) electrons. The molecule has 0 unspecified atom stereocenters. The summed E-state index contributed by atoms with van der Waals surface area (Å²) in [5, 5.41) is 17.2. The largest absolute Gasteiger partial charge is 0.479 e. The lowest BCUT2D eigenvalue weighted by Crippen LogP contribution is -2.01. The van der Waals surface area contributed by atoms with Crippen molar-refractivity contribution in [3.8, 4) is 5.75 Å². The zero-order valence-corrected chi connectivity index (χ0v) is 9.37. The van der Waals surface area contributed by atoms with Gasteiger partial charge in [-0.1, -0.05) is 12.1 Å². The van der Waals surface area contributed by atoms with Gasteiger partial charge >= 0.3 is 5.69 Å². The van der Waals surface area contributed by atoms with E-state index in [0.717, 1.165) is 0 Å². The van der Waals surface area contributed by atoms with E-state index in [1.807, 2.05) is 0 Å². The van der Waals surface area contributed by atoms with Crippen LogP contribution in [0.25, 0.3) is 0 Å². The van der Waals surface area contributed by atoms with Crippen molar-refractivity contribution in [3.05, 3.63) is 46.0 Å². The standard InChI is InChI=1S/C10H11N5O3/c11-5-9-12-10(14-13-9)6-18-8-4-2-1-3-7(8)15(16)17/h1-4H,5-6,11H2,(H,12,13,14). The number of nitro benzene ring substituents is 1. The van der Waals surface area contributed by atoms with Crippen molar-refractivity contribution in [2.24, 2.45) is 5.73 Å². The monoisotopic (exact) mass is 249 g/mol. The van der Waals surface area contributed by atoms with Gasteiger partial charge in [0.2, 0.25) is 0 Å². The SMILES string of the molecule is NCc1n[nH]c(COc2ccccc2[N+](=O)[O-])n1. The molecule has 3 N–H and O–H groups in total. The molecule has 2 aromatic rings. The Morgan fingerprint density at radius 2 is 2.22 bits per heavy atom. The summed E-state index contributed by atoms with van der Waals surface area (Å²) in [5.41, 5.74) is 5.27. The van der Waals surface area contributed by atoms with E-state index in [9.17, 15) is 10.1 Å². The molecule has 0 saturated carbocycles. The minimum atomic E-state index is -0.499. The highest BCUT2D eigenvalue weighted by Crippen LogP contribution is 2.26. The van der Waals surface area contributed by atoms with Crippen LogP contribution in [-0.4, -0.2) is 20.1 Å². The van der Waals surface area contributed by atoms with Crippen LogP contribution in [0.3, 0.4) is 0 Å². The van der Waals surface area contributed by atoms with Crippen molar-refractivity contribution in [1.29, 1.82) is 0 Å². The minimum Gasteiger partial charge on any atom is -0.479 e. The molecule has 0 amide bonds. The zero-order valence-electron chi connectivity index (χ0n) is 9.37. The summed E-state index contributed by atoms with van der Waals surface area (Å²) >= 11 is 0. The first kappa shape index (κ1) is 12.0. The van der Waals surface area contributed by atoms with E-state index in [-0.39, 0.29) is 24.6 Å². The number of nitro groups is 1. The van der Waals surface area contributed by atoms with Crippen LogP contribution in [0, 0.1) is 10.1 Å². The van der Waals surface area contributed by atoms with Gasteiger partial charge in [0, 0.05) is 6.07 Å². The molecule has 2 rings (SSSR count).